The summed E-state index contributed by atoms with van der Waals surface area (Å²) in [5.41, 5.74) is 1.70. The van der Waals surface area contributed by atoms with Crippen molar-refractivity contribution in [2.24, 2.45) is 0 Å². The van der Waals surface area contributed by atoms with E-state index in [0.717, 1.165) is 11.1 Å². The van der Waals surface area contributed by atoms with Gasteiger partial charge in [-0.15, -0.1) is 0 Å². The normalized spacial score (nSPS) is 9.25. The summed E-state index contributed by atoms with van der Waals surface area (Å²) in [6.45, 7) is 13.5. The van der Waals surface area contributed by atoms with Crippen LogP contribution >= 0.6 is 0 Å². The van der Waals surface area contributed by atoms with Crippen molar-refractivity contribution in [1.82, 2.24) is 0 Å². The summed E-state index contributed by atoms with van der Waals surface area (Å²) < 4.78 is 9.29. The van der Waals surface area contributed by atoms with Crippen molar-refractivity contribution in [2.45, 2.75) is 20.8 Å². The Morgan fingerprint density at radius 3 is 2.38 bits per heavy atom. The first-order valence-corrected chi connectivity index (χ1v) is 7.28. The monoisotopic (exact) mass is 335 g/mol. The highest BCUT2D eigenvalue weighted by Crippen LogP contribution is 2.26. The number of rotatable bonds is 7. The Morgan fingerprint density at radius 1 is 1.33 bits per heavy atom. The molecule has 6 heteroatoms. The molecule has 0 N–H and O–H groups in total. The summed E-state index contributed by atoms with van der Waals surface area (Å²) in [6, 6.07) is 4.85. The summed E-state index contributed by atoms with van der Waals surface area (Å²) in [7, 11) is 1.41. The Kier molecular flexibility index (Phi) is 14.6. The molecule has 24 heavy (non-hydrogen) atoms. The van der Waals surface area contributed by atoms with Crippen molar-refractivity contribution in [3.63, 3.8) is 0 Å². The van der Waals surface area contributed by atoms with E-state index >= 15 is 0 Å². The zero-order chi connectivity index (χ0) is 19.0. The van der Waals surface area contributed by atoms with Gasteiger partial charge in [-0.1, -0.05) is 51.3 Å². The number of ether oxygens (including phenoxy) is 2. The SMILES string of the molecule is C=C/C=C(\C=C)COC=O.CC.COc1ccc(C)cc1[N+](=O)[O-]. The van der Waals surface area contributed by atoms with Crippen LogP contribution in [0.5, 0.6) is 5.75 Å². The van der Waals surface area contributed by atoms with Gasteiger partial charge in [0.2, 0.25) is 0 Å². The van der Waals surface area contributed by atoms with Gasteiger partial charge in [0.1, 0.15) is 6.61 Å². The van der Waals surface area contributed by atoms with Crippen molar-refractivity contribution in [3.05, 3.63) is 70.8 Å². The first-order chi connectivity index (χ1) is 11.5. The second-order valence-corrected chi connectivity index (χ2v) is 4.02. The van der Waals surface area contributed by atoms with Crippen LogP contribution in [0.25, 0.3) is 0 Å². The van der Waals surface area contributed by atoms with Crippen LogP contribution in [0.4, 0.5) is 5.69 Å². The summed E-state index contributed by atoms with van der Waals surface area (Å²) in [5.74, 6) is 0.297. The maximum atomic E-state index is 10.5. The average molecular weight is 335 g/mol. The second-order valence-electron chi connectivity index (χ2n) is 4.02. The van der Waals surface area contributed by atoms with Crippen molar-refractivity contribution in [1.29, 1.82) is 0 Å². The molecule has 0 fully saturated rings. The van der Waals surface area contributed by atoms with Crippen LogP contribution in [-0.2, 0) is 9.53 Å². The van der Waals surface area contributed by atoms with Crippen molar-refractivity contribution < 1.29 is 19.2 Å². The standard InChI is InChI=1S/C8H9NO3.C8H10O2.C2H6/c1-6-3-4-8(12-2)7(5-6)9(10)11;1-3-5-8(4-2)6-10-7-9;1-2/h3-5H,1-2H3;3-5,7H,1-2,6H2;1-2H3/b;8-5+;. The Bertz CT molecular complexity index is 565. The van der Waals surface area contributed by atoms with E-state index in [1.807, 2.05) is 13.8 Å². The van der Waals surface area contributed by atoms with Crippen LogP contribution in [-0.4, -0.2) is 25.1 Å². The molecule has 0 radical (unpaired) electrons. The molecule has 1 aromatic carbocycles. The predicted octanol–water partition coefficient (Wildman–Crippen LogP) is 4.40. The number of hydrogen-bond acceptors (Lipinski definition) is 5. The lowest BCUT2D eigenvalue weighted by Gasteiger charge is -2.00. The molecule has 6 nitrogen and oxygen atoms in total. The van der Waals surface area contributed by atoms with Crippen molar-refractivity contribution in [2.75, 3.05) is 13.7 Å². The van der Waals surface area contributed by atoms with E-state index in [-0.39, 0.29) is 12.3 Å². The molecule has 0 bridgehead atoms. The minimum absolute atomic E-state index is 0.0116. The van der Waals surface area contributed by atoms with Gasteiger partial charge in [0.05, 0.1) is 12.0 Å². The molecule has 0 heterocycles. The zero-order valence-electron chi connectivity index (χ0n) is 14.7. The molecule has 0 spiro atoms. The van der Waals surface area contributed by atoms with Crippen LogP contribution in [0.15, 0.2) is 55.2 Å². The number of allylic oxidation sites excluding steroid dienone is 2. The first-order valence-electron chi connectivity index (χ1n) is 7.28. The number of carbonyl (C=O) groups is 1. The zero-order valence-corrected chi connectivity index (χ0v) is 14.7. The van der Waals surface area contributed by atoms with Gasteiger partial charge in [-0.3, -0.25) is 14.9 Å². The maximum absolute atomic E-state index is 10.5. The Morgan fingerprint density at radius 2 is 1.96 bits per heavy atom. The van der Waals surface area contributed by atoms with Gasteiger partial charge in [-0.25, -0.2) is 0 Å². The number of methoxy groups -OCH3 is 1. The van der Waals surface area contributed by atoms with Crippen molar-refractivity contribution >= 4 is 12.2 Å². The molecule has 0 aliphatic rings. The molecule has 0 aliphatic heterocycles. The lowest BCUT2D eigenvalue weighted by Crippen LogP contribution is -1.93. The van der Waals surface area contributed by atoms with E-state index < -0.39 is 4.92 Å². The molecule has 0 aromatic heterocycles. The Hall–Kier alpha value is -2.89. The lowest BCUT2D eigenvalue weighted by atomic mass is 10.2. The predicted molar refractivity (Wildman–Crippen MR) is 96.2 cm³/mol. The highest BCUT2D eigenvalue weighted by molar-refractivity contribution is 5.48. The molecule has 0 atom stereocenters. The average Bonchev–Trinajstić information content (AvgIpc) is 2.60. The van der Waals surface area contributed by atoms with E-state index in [2.05, 4.69) is 17.9 Å². The smallest absolute Gasteiger partial charge is 0.311 e. The molecular weight excluding hydrogens is 310 g/mol. The first kappa shape index (κ1) is 23.4. The quantitative estimate of drug-likeness (QED) is 0.319. The van der Waals surface area contributed by atoms with E-state index in [9.17, 15) is 14.9 Å². The minimum Gasteiger partial charge on any atom is -0.490 e. The number of aryl methyl sites for hydroxylation is 1. The Labute approximate surface area is 143 Å². The number of nitro benzene ring substituents is 1. The number of hydrogen-bond donors (Lipinski definition) is 0. The Balaban J connectivity index is 0. The second kappa shape index (κ2) is 15.0. The highest BCUT2D eigenvalue weighted by atomic mass is 16.6. The molecule has 0 saturated carbocycles. The molecule has 0 amide bonds. The van der Waals surface area contributed by atoms with Gasteiger partial charge in [0.25, 0.3) is 6.47 Å². The number of benzene rings is 1. The van der Waals surface area contributed by atoms with Gasteiger partial charge < -0.3 is 9.47 Å². The summed E-state index contributed by atoms with van der Waals surface area (Å²) >= 11 is 0. The maximum Gasteiger partial charge on any atom is 0.311 e. The van der Waals surface area contributed by atoms with Crippen LogP contribution in [0, 0.1) is 17.0 Å². The molecule has 1 rings (SSSR count). The van der Waals surface area contributed by atoms with Gasteiger partial charge in [0.15, 0.2) is 5.75 Å². The molecule has 0 saturated heterocycles. The highest BCUT2D eigenvalue weighted by Gasteiger charge is 2.13. The summed E-state index contributed by atoms with van der Waals surface area (Å²) in [5, 5.41) is 10.5. The van der Waals surface area contributed by atoms with E-state index in [1.165, 1.54) is 13.2 Å². The van der Waals surface area contributed by atoms with Gasteiger partial charge in [0, 0.05) is 6.07 Å². The topological polar surface area (TPSA) is 78.7 Å². The number of nitrogens with zero attached hydrogens (tertiary/aromatic N) is 1. The minimum atomic E-state index is -0.453. The summed E-state index contributed by atoms with van der Waals surface area (Å²) in [6.07, 6.45) is 4.97. The molecule has 0 aliphatic carbocycles. The molecule has 0 unspecified atom stereocenters. The van der Waals surface area contributed by atoms with Gasteiger partial charge in [-0.2, -0.15) is 0 Å². The van der Waals surface area contributed by atoms with E-state index in [4.69, 9.17) is 4.74 Å². The molecule has 132 valence electrons. The summed E-state index contributed by atoms with van der Waals surface area (Å²) in [4.78, 5) is 19.7. The third kappa shape index (κ3) is 9.94. The van der Waals surface area contributed by atoms with Gasteiger partial charge >= 0.3 is 5.69 Å². The largest absolute Gasteiger partial charge is 0.490 e. The van der Waals surface area contributed by atoms with Crippen molar-refractivity contribution in [3.8, 4) is 5.75 Å². The fraction of sp³-hybridized carbons (Fsp3) is 0.278. The van der Waals surface area contributed by atoms with Crippen LogP contribution < -0.4 is 4.74 Å². The third-order valence-electron chi connectivity index (χ3n) is 2.44. The number of carbonyl (C=O) groups excluding carboxylic acids is 1. The third-order valence-corrected chi connectivity index (χ3v) is 2.44. The molecular formula is C18H25NO5. The van der Waals surface area contributed by atoms with Gasteiger partial charge in [-0.05, 0) is 24.1 Å². The van der Waals surface area contributed by atoms with Crippen LogP contribution in [0.1, 0.15) is 19.4 Å². The van der Waals surface area contributed by atoms with Crippen LogP contribution in [0.2, 0.25) is 0 Å². The van der Waals surface area contributed by atoms with Crippen LogP contribution in [0.3, 0.4) is 0 Å². The van der Waals surface area contributed by atoms with E-state index in [0.29, 0.717) is 12.2 Å². The number of nitro groups is 1. The lowest BCUT2D eigenvalue weighted by molar-refractivity contribution is -0.385. The van der Waals surface area contributed by atoms with E-state index in [1.54, 1.807) is 37.3 Å². The molecule has 1 aromatic rings. The fourth-order valence-electron chi connectivity index (χ4n) is 1.40. The fourth-order valence-corrected chi connectivity index (χ4v) is 1.40.